The number of hydrogen-bond donors (Lipinski definition) is 1. The van der Waals surface area contributed by atoms with Crippen LogP contribution in [0.25, 0.3) is 0 Å². The average molecular weight is 480 g/mol. The Morgan fingerprint density at radius 2 is 1.82 bits per heavy atom. The molecule has 0 bridgehead atoms. The molecule has 4 rings (SSSR count). The van der Waals surface area contributed by atoms with Crippen molar-refractivity contribution in [3.05, 3.63) is 94.5 Å². The maximum absolute atomic E-state index is 13.1. The van der Waals surface area contributed by atoms with Crippen molar-refractivity contribution in [1.29, 1.82) is 0 Å². The number of esters is 1. The van der Waals surface area contributed by atoms with Gasteiger partial charge in [-0.1, -0.05) is 60.1 Å². The van der Waals surface area contributed by atoms with E-state index in [0.29, 0.717) is 23.4 Å². The van der Waals surface area contributed by atoms with Crippen LogP contribution in [0.3, 0.4) is 0 Å². The van der Waals surface area contributed by atoms with E-state index in [1.807, 2.05) is 42.5 Å². The molecule has 176 valence electrons. The Labute approximate surface area is 203 Å². The molecule has 6 nitrogen and oxygen atoms in total. The monoisotopic (exact) mass is 479 g/mol. The van der Waals surface area contributed by atoms with Gasteiger partial charge < -0.3 is 19.5 Å². The van der Waals surface area contributed by atoms with Crippen molar-refractivity contribution in [2.75, 3.05) is 19.8 Å². The van der Waals surface area contributed by atoms with Gasteiger partial charge in [-0.05, 0) is 43.2 Å². The summed E-state index contributed by atoms with van der Waals surface area (Å²) in [4.78, 5) is 25.7. The van der Waals surface area contributed by atoms with Crippen LogP contribution in [0.2, 0.25) is 5.02 Å². The number of para-hydroxylation sites is 1. The van der Waals surface area contributed by atoms with E-state index in [4.69, 9.17) is 25.8 Å². The molecule has 1 aliphatic heterocycles. The third-order valence-corrected chi connectivity index (χ3v) is 5.95. The molecule has 0 aromatic heterocycles. The van der Waals surface area contributed by atoms with E-state index in [1.165, 1.54) is 0 Å². The number of fused-ring (bicyclic) bond motifs is 1. The third kappa shape index (κ3) is 5.02. The number of carbonyl (C=O) groups is 2. The van der Waals surface area contributed by atoms with Crippen LogP contribution in [0.1, 0.15) is 34.8 Å². The zero-order valence-corrected chi connectivity index (χ0v) is 19.6. The lowest BCUT2D eigenvalue weighted by molar-refractivity contribution is -0.165. The molecule has 34 heavy (non-hydrogen) atoms. The van der Waals surface area contributed by atoms with Crippen LogP contribution in [0.5, 0.6) is 11.5 Å². The van der Waals surface area contributed by atoms with Gasteiger partial charge in [0.25, 0.3) is 5.91 Å². The molecule has 1 unspecified atom stereocenters. The second-order valence-electron chi connectivity index (χ2n) is 7.88. The van der Waals surface area contributed by atoms with Crippen molar-refractivity contribution in [1.82, 2.24) is 5.32 Å². The van der Waals surface area contributed by atoms with Crippen LogP contribution in [0.4, 0.5) is 0 Å². The van der Waals surface area contributed by atoms with Crippen molar-refractivity contribution < 1.29 is 23.8 Å². The standard InChI is InChI=1S/C27H26ClNO5/c1-2-32-26(31)27(15-17-33-23-11-7-6-10-21(23)27)34-24-13-12-20(18-22(24)28)25(30)29-16-14-19-8-4-3-5-9-19/h3-13,18H,2,14-17H2,1H3,(H,29,30). The van der Waals surface area contributed by atoms with E-state index in [-0.39, 0.29) is 36.3 Å². The number of amides is 1. The minimum absolute atomic E-state index is 0.211. The average Bonchev–Trinajstić information content (AvgIpc) is 2.86. The van der Waals surface area contributed by atoms with Gasteiger partial charge in [-0.2, -0.15) is 0 Å². The summed E-state index contributed by atoms with van der Waals surface area (Å²) in [6.45, 7) is 2.74. The van der Waals surface area contributed by atoms with Crippen LogP contribution in [0, 0.1) is 0 Å². The van der Waals surface area contributed by atoms with Crippen LogP contribution in [-0.4, -0.2) is 31.6 Å². The molecule has 1 heterocycles. The van der Waals surface area contributed by atoms with Gasteiger partial charge in [0.05, 0.1) is 18.2 Å². The summed E-state index contributed by atoms with van der Waals surface area (Å²) in [5.41, 5.74) is 0.737. The molecule has 1 N–H and O–H groups in total. The van der Waals surface area contributed by atoms with Gasteiger partial charge in [0.2, 0.25) is 5.60 Å². The van der Waals surface area contributed by atoms with Crippen LogP contribution < -0.4 is 14.8 Å². The van der Waals surface area contributed by atoms with Crippen LogP contribution in [-0.2, 0) is 21.6 Å². The van der Waals surface area contributed by atoms with Gasteiger partial charge in [0, 0.05) is 24.1 Å². The summed E-state index contributed by atoms with van der Waals surface area (Å²) in [5, 5.41) is 3.13. The van der Waals surface area contributed by atoms with E-state index in [2.05, 4.69) is 5.32 Å². The second-order valence-corrected chi connectivity index (χ2v) is 8.29. The summed E-state index contributed by atoms with van der Waals surface area (Å²) in [5.74, 6) is 0.102. The summed E-state index contributed by atoms with van der Waals surface area (Å²) in [7, 11) is 0. The Bertz CT molecular complexity index is 1170. The van der Waals surface area contributed by atoms with Crippen molar-refractivity contribution in [2.24, 2.45) is 0 Å². The van der Waals surface area contributed by atoms with Crippen molar-refractivity contribution in [3.63, 3.8) is 0 Å². The lowest BCUT2D eigenvalue weighted by Crippen LogP contribution is -2.46. The fourth-order valence-electron chi connectivity index (χ4n) is 3.95. The Morgan fingerprint density at radius 1 is 1.06 bits per heavy atom. The lowest BCUT2D eigenvalue weighted by Gasteiger charge is -2.37. The number of halogens is 1. The molecule has 0 radical (unpaired) electrons. The molecule has 0 fully saturated rings. The number of carbonyl (C=O) groups excluding carboxylic acids is 2. The van der Waals surface area contributed by atoms with Gasteiger partial charge in [0.15, 0.2) is 0 Å². The molecule has 1 amide bonds. The second kappa shape index (κ2) is 10.6. The maximum atomic E-state index is 13.1. The van der Waals surface area contributed by atoms with Crippen LogP contribution >= 0.6 is 11.6 Å². The highest BCUT2D eigenvalue weighted by molar-refractivity contribution is 6.32. The first-order valence-corrected chi connectivity index (χ1v) is 11.6. The summed E-state index contributed by atoms with van der Waals surface area (Å²) < 4.78 is 17.4. The fraction of sp³-hybridized carbons (Fsp3) is 0.259. The van der Waals surface area contributed by atoms with E-state index in [9.17, 15) is 9.59 Å². The fourth-order valence-corrected chi connectivity index (χ4v) is 4.17. The summed E-state index contributed by atoms with van der Waals surface area (Å²) >= 11 is 6.51. The molecule has 0 saturated carbocycles. The first kappa shape index (κ1) is 23.6. The zero-order valence-electron chi connectivity index (χ0n) is 18.9. The quantitative estimate of drug-likeness (QED) is 0.463. The first-order valence-electron chi connectivity index (χ1n) is 11.2. The molecule has 0 aliphatic carbocycles. The van der Waals surface area contributed by atoms with Crippen molar-refractivity contribution in [2.45, 2.75) is 25.4 Å². The van der Waals surface area contributed by atoms with Gasteiger partial charge in [0.1, 0.15) is 11.5 Å². The Kier molecular flexibility index (Phi) is 7.38. The SMILES string of the molecule is CCOC(=O)C1(Oc2ccc(C(=O)NCCc3ccccc3)cc2Cl)CCOc2ccccc21. The zero-order chi connectivity index (χ0) is 24.0. The molecule has 1 atom stereocenters. The normalized spacial score (nSPS) is 16.6. The molecular formula is C27H26ClNO5. The van der Waals surface area contributed by atoms with Crippen molar-refractivity contribution >= 4 is 23.5 Å². The molecule has 0 saturated heterocycles. The number of hydrogen-bond acceptors (Lipinski definition) is 5. The highest BCUT2D eigenvalue weighted by Gasteiger charge is 2.49. The molecular weight excluding hydrogens is 454 g/mol. The Hall–Kier alpha value is -3.51. The minimum Gasteiger partial charge on any atom is -0.493 e. The largest absolute Gasteiger partial charge is 0.493 e. The molecule has 0 spiro atoms. The predicted octanol–water partition coefficient (Wildman–Crippen LogP) is 4.93. The van der Waals surface area contributed by atoms with Gasteiger partial charge >= 0.3 is 5.97 Å². The van der Waals surface area contributed by atoms with E-state index in [0.717, 1.165) is 12.0 Å². The highest BCUT2D eigenvalue weighted by Crippen LogP contribution is 2.43. The molecule has 3 aromatic carbocycles. The molecule has 7 heteroatoms. The first-order chi connectivity index (χ1) is 16.5. The maximum Gasteiger partial charge on any atom is 0.355 e. The Balaban J connectivity index is 1.52. The molecule has 1 aliphatic rings. The molecule has 3 aromatic rings. The van der Waals surface area contributed by atoms with Gasteiger partial charge in [-0.25, -0.2) is 4.79 Å². The van der Waals surface area contributed by atoms with Gasteiger partial charge in [-0.15, -0.1) is 0 Å². The number of benzene rings is 3. The number of nitrogens with one attached hydrogen (secondary N) is 1. The van der Waals surface area contributed by atoms with E-state index in [1.54, 1.807) is 37.3 Å². The van der Waals surface area contributed by atoms with E-state index >= 15 is 0 Å². The lowest BCUT2D eigenvalue weighted by atomic mass is 9.87. The van der Waals surface area contributed by atoms with Gasteiger partial charge in [-0.3, -0.25) is 4.79 Å². The predicted molar refractivity (Wildman–Crippen MR) is 129 cm³/mol. The topological polar surface area (TPSA) is 73.9 Å². The highest BCUT2D eigenvalue weighted by atomic mass is 35.5. The minimum atomic E-state index is -1.39. The van der Waals surface area contributed by atoms with Crippen LogP contribution in [0.15, 0.2) is 72.8 Å². The summed E-state index contributed by atoms with van der Waals surface area (Å²) in [6.07, 6.45) is 0.992. The summed E-state index contributed by atoms with van der Waals surface area (Å²) in [6, 6.07) is 21.9. The van der Waals surface area contributed by atoms with E-state index < -0.39 is 11.6 Å². The Morgan fingerprint density at radius 3 is 2.59 bits per heavy atom. The van der Waals surface area contributed by atoms with Crippen molar-refractivity contribution in [3.8, 4) is 11.5 Å². The smallest absolute Gasteiger partial charge is 0.355 e. The third-order valence-electron chi connectivity index (χ3n) is 5.66. The number of ether oxygens (including phenoxy) is 3. The number of rotatable bonds is 8.